The number of nitrogens with zero attached hydrogens (tertiary/aromatic N) is 3. The summed E-state index contributed by atoms with van der Waals surface area (Å²) in [7, 11) is -11.7. The molecule has 0 spiro atoms. The van der Waals surface area contributed by atoms with Crippen LogP contribution in [-0.4, -0.2) is 100 Å². The Morgan fingerprint density at radius 1 is 0.576 bits per heavy atom. The molecule has 0 bridgehead atoms. The molecule has 1 aliphatic rings. The van der Waals surface area contributed by atoms with Crippen LogP contribution in [0.25, 0.3) is 0 Å². The van der Waals surface area contributed by atoms with E-state index in [1.54, 1.807) is 0 Å². The fraction of sp³-hybridized carbons (Fsp3) is 1.00. The molecule has 1 heterocycles. The Hall–Kier alpha value is 3.75. The number of hydrogen-bond acceptors (Lipinski definition) is 15. The second-order valence-corrected chi connectivity index (χ2v) is 13.2. The maximum atomic E-state index is 10.9. The smallest absolute Gasteiger partial charge is 0.748 e. The van der Waals surface area contributed by atoms with Gasteiger partial charge < -0.3 is 13.7 Å². The van der Waals surface area contributed by atoms with Gasteiger partial charge in [-0.2, -0.15) is 0 Å². The molecule has 0 N–H and O–H groups in total. The van der Waals surface area contributed by atoms with Crippen LogP contribution in [0.1, 0.15) is 19.3 Å². The Morgan fingerprint density at radius 2 is 0.788 bits per heavy atom. The number of hydrogen-bond donors (Lipinski definition) is 0. The average Bonchev–Trinajstić information content (AvgIpc) is 2.57. The maximum absolute atomic E-state index is 10.9. The van der Waals surface area contributed by atoms with E-state index < -0.39 is 27.2 Å². The van der Waals surface area contributed by atoms with E-state index in [1.807, 2.05) is 14.7 Å². The van der Waals surface area contributed by atoms with Crippen LogP contribution in [0.4, 0.5) is 0 Å². The molecule has 0 aliphatic carbocycles. The fourth-order valence-electron chi connectivity index (χ4n) is 2.75. The first kappa shape index (κ1) is 41.2. The maximum Gasteiger partial charge on any atom is 1.00 e. The van der Waals surface area contributed by atoms with Crippen molar-refractivity contribution in [3.8, 4) is 0 Å². The third-order valence-corrected chi connectivity index (χ3v) is 5.97. The van der Waals surface area contributed by atoms with Gasteiger partial charge in [0.15, 0.2) is 0 Å². The molecule has 0 aromatic heterocycles. The van der Waals surface area contributed by atoms with Gasteiger partial charge >= 0.3 is 88.7 Å². The minimum Gasteiger partial charge on any atom is -0.748 e. The summed E-state index contributed by atoms with van der Waals surface area (Å²) in [5, 5.41) is 0. The van der Waals surface area contributed by atoms with Crippen LogP contribution in [0.3, 0.4) is 0 Å². The first-order chi connectivity index (χ1) is 13.7. The van der Waals surface area contributed by atoms with E-state index in [4.69, 9.17) is 0 Å². The van der Waals surface area contributed by atoms with Gasteiger partial charge in [-0.15, -0.1) is 0 Å². The van der Waals surface area contributed by atoms with E-state index in [0.29, 0.717) is 58.9 Å². The van der Waals surface area contributed by atoms with Crippen LogP contribution < -0.4 is 88.7 Å². The van der Waals surface area contributed by atoms with Crippen molar-refractivity contribution in [2.24, 2.45) is 0 Å². The zero-order valence-corrected chi connectivity index (χ0v) is 29.8. The van der Waals surface area contributed by atoms with Gasteiger partial charge in [-0.3, -0.25) is 27.2 Å². The van der Waals surface area contributed by atoms with Crippen LogP contribution in [-0.2, 0) is 73.3 Å². The van der Waals surface area contributed by atoms with Crippen LogP contribution >= 0.6 is 0 Å². The summed E-state index contributed by atoms with van der Waals surface area (Å²) >= 11 is 12.5. The van der Waals surface area contributed by atoms with Crippen LogP contribution in [0.2, 0.25) is 0 Å². The van der Waals surface area contributed by atoms with Crippen molar-refractivity contribution in [1.29, 1.82) is 0 Å². The molecule has 0 amide bonds. The van der Waals surface area contributed by atoms with Crippen molar-refractivity contribution in [3.63, 3.8) is 0 Å². The predicted molar refractivity (Wildman–Crippen MR) is 115 cm³/mol. The molecule has 33 heavy (non-hydrogen) atoms. The van der Waals surface area contributed by atoms with Crippen molar-refractivity contribution in [2.45, 2.75) is 19.3 Å². The predicted octanol–water partition coefficient (Wildman–Crippen LogP) is -10.6. The normalized spacial score (nSPS) is 20.8. The zero-order valence-electron chi connectivity index (χ0n) is 19.0. The molecule has 21 heteroatoms. The van der Waals surface area contributed by atoms with E-state index in [1.165, 1.54) is 0 Å². The Morgan fingerprint density at radius 3 is 0.970 bits per heavy atom. The molecule has 12 nitrogen and oxygen atoms in total. The molecular weight excluding hydrogens is 592 g/mol. The molecule has 0 radical (unpaired) electrons. The molecule has 3 unspecified atom stereocenters. The third-order valence-electron chi connectivity index (χ3n) is 3.74. The van der Waals surface area contributed by atoms with E-state index in [9.17, 15) is 26.3 Å². The van der Waals surface area contributed by atoms with Gasteiger partial charge in [0.2, 0.25) is 0 Å². The van der Waals surface area contributed by atoms with Crippen molar-refractivity contribution in [3.05, 3.63) is 0 Å². The molecule has 1 fully saturated rings. The number of rotatable bonds is 15. The van der Waals surface area contributed by atoms with Gasteiger partial charge in [0.25, 0.3) is 0 Å². The summed E-state index contributed by atoms with van der Waals surface area (Å²) < 4.78 is 78.8. The molecule has 1 rings (SSSR count). The van der Waals surface area contributed by atoms with Crippen molar-refractivity contribution < 1.29 is 128 Å². The summed E-state index contributed by atoms with van der Waals surface area (Å²) in [6.45, 7) is 3.20. The minimum atomic E-state index is -3.90. The summed E-state index contributed by atoms with van der Waals surface area (Å²) in [4.78, 5) is 6.12. The molecule has 0 aromatic carbocycles. The second kappa shape index (κ2) is 20.6. The van der Waals surface area contributed by atoms with E-state index in [-0.39, 0.29) is 108 Å². The topological polar surface area (TPSA) is 158 Å². The summed E-state index contributed by atoms with van der Waals surface area (Å²) in [5.41, 5.74) is 0. The van der Waals surface area contributed by atoms with E-state index >= 15 is 0 Å². The molecule has 0 aromatic rings. The first-order valence-electron chi connectivity index (χ1n) is 8.71. The summed E-state index contributed by atoms with van der Waals surface area (Å²) in [5.74, 6) is 0. The second-order valence-electron chi connectivity index (χ2n) is 6.36. The van der Waals surface area contributed by atoms with Crippen molar-refractivity contribution in [1.82, 2.24) is 14.7 Å². The van der Waals surface area contributed by atoms with Gasteiger partial charge in [0.05, 0.1) is 67.0 Å². The van der Waals surface area contributed by atoms with Gasteiger partial charge in [0, 0.05) is 19.6 Å². The van der Waals surface area contributed by atoms with Crippen LogP contribution in [0.5, 0.6) is 0 Å². The Bertz CT molecular complexity index is 720. The minimum absolute atomic E-state index is 0. The standard InChI is InChI=1S/C12H27N3O9S6.3Na/c16-28(17,25)22-7-1-4-13-10-14(5-2-8-23-29(18,19)26)12-15(11-13)6-3-9-24-30(20,21)27;;;/h1-12H2,(H,16,17,25)(H,18,19,26)(H,20,21,27);;;/q;3*+1/p-3. The van der Waals surface area contributed by atoms with Gasteiger partial charge in [-0.05, 0) is 52.8 Å². The largest absolute Gasteiger partial charge is 1.00 e. The Kier molecular flexibility index (Phi) is 25.8. The molecule has 3 atom stereocenters. The van der Waals surface area contributed by atoms with Crippen LogP contribution in [0, 0.1) is 0 Å². The molecule has 180 valence electrons. The fourth-order valence-corrected chi connectivity index (χ4v) is 4.33. The summed E-state index contributed by atoms with van der Waals surface area (Å²) in [6.07, 6.45) is 1.31. The van der Waals surface area contributed by atoms with Crippen LogP contribution in [0.15, 0.2) is 0 Å². The Labute approximate surface area is 277 Å². The molecule has 1 aliphatic heterocycles. The zero-order chi connectivity index (χ0) is 22.8. The quantitative estimate of drug-likeness (QED) is 0.126. The van der Waals surface area contributed by atoms with Gasteiger partial charge in [-0.1, -0.05) is 0 Å². The molecule has 1 saturated heterocycles. The first-order valence-corrected chi connectivity index (χ1v) is 15.7. The van der Waals surface area contributed by atoms with Crippen molar-refractivity contribution >= 4 is 60.7 Å². The van der Waals surface area contributed by atoms with Gasteiger partial charge in [-0.25, -0.2) is 12.6 Å². The van der Waals surface area contributed by atoms with Crippen molar-refractivity contribution in [2.75, 3.05) is 59.5 Å². The summed E-state index contributed by atoms with van der Waals surface area (Å²) in [6, 6.07) is 0. The average molecular weight is 616 g/mol. The van der Waals surface area contributed by atoms with E-state index in [2.05, 4.69) is 46.1 Å². The third kappa shape index (κ3) is 25.8. The molecule has 0 saturated carbocycles. The molecular formula is C12H24N3Na3O9S6. The van der Waals surface area contributed by atoms with E-state index in [0.717, 1.165) is 0 Å². The SMILES string of the molecule is O=S([O-])(=S)OCCCN1CN(CCCOS(=O)([O-])=S)CN(CCCOS(=O)([O-])=S)C1.[Na+].[Na+].[Na+]. The monoisotopic (exact) mass is 615 g/mol. The van der Waals surface area contributed by atoms with Gasteiger partial charge in [0.1, 0.15) is 0 Å². The Balaban J connectivity index is -0.00000300.